The van der Waals surface area contributed by atoms with Gasteiger partial charge in [-0.25, -0.2) is 0 Å². The van der Waals surface area contributed by atoms with Gasteiger partial charge in [0.15, 0.2) is 0 Å². The lowest BCUT2D eigenvalue weighted by atomic mass is 9.97. The predicted octanol–water partition coefficient (Wildman–Crippen LogP) is 3.84. The van der Waals surface area contributed by atoms with Crippen LogP contribution in [0, 0.1) is 12.8 Å². The Bertz CT molecular complexity index is 1090. The lowest BCUT2D eigenvalue weighted by molar-refractivity contribution is -0.130. The molecule has 5 rings (SSSR count). The third kappa shape index (κ3) is 5.94. The lowest BCUT2D eigenvalue weighted by Crippen LogP contribution is -2.48. The Kier molecular flexibility index (Phi) is 8.01. The largest absolute Gasteiger partial charge is 0.497 e. The molecule has 2 aromatic carbocycles. The van der Waals surface area contributed by atoms with E-state index in [1.807, 2.05) is 24.3 Å². The number of piperazine rings is 1. The summed E-state index contributed by atoms with van der Waals surface area (Å²) < 4.78 is 5.26. The highest BCUT2D eigenvalue weighted by molar-refractivity contribution is 5.82. The number of rotatable bonds is 7. The number of benzene rings is 2. The molecule has 0 unspecified atom stereocenters. The van der Waals surface area contributed by atoms with Crippen LogP contribution in [-0.4, -0.2) is 75.2 Å². The number of nitrogens with zero attached hydrogens (tertiary/aromatic N) is 4. The summed E-state index contributed by atoms with van der Waals surface area (Å²) in [4.78, 5) is 22.0. The van der Waals surface area contributed by atoms with Gasteiger partial charge in [0.05, 0.1) is 13.7 Å². The van der Waals surface area contributed by atoms with Crippen molar-refractivity contribution in [2.45, 2.75) is 32.7 Å². The van der Waals surface area contributed by atoms with Gasteiger partial charge in [0.2, 0.25) is 5.91 Å². The molecule has 1 N–H and O–H groups in total. The van der Waals surface area contributed by atoms with E-state index < -0.39 is 0 Å². The molecule has 0 atom stereocenters. The first kappa shape index (κ1) is 25.6. The first-order chi connectivity index (χ1) is 18.0. The van der Waals surface area contributed by atoms with E-state index in [2.05, 4.69) is 51.7 Å². The predicted molar refractivity (Wildman–Crippen MR) is 150 cm³/mol. The molecule has 3 heterocycles. The smallest absolute Gasteiger partial charge is 0.230 e. The number of hydrogen-bond donors (Lipinski definition) is 1. The molecule has 0 aliphatic carbocycles. The molecule has 0 spiro atoms. The van der Waals surface area contributed by atoms with Crippen LogP contribution in [0.4, 0.5) is 11.4 Å². The summed E-state index contributed by atoms with van der Waals surface area (Å²) in [5.74, 6) is 2.53. The number of carbonyl (C=O) groups excluding carboxylic acids is 1. The van der Waals surface area contributed by atoms with E-state index in [0.717, 1.165) is 54.9 Å². The zero-order chi connectivity index (χ0) is 25.8. The van der Waals surface area contributed by atoms with Crippen molar-refractivity contribution in [3.8, 4) is 5.75 Å². The standard InChI is InChI=1S/C30H41N5O2/c1-23-20-27(33-18-16-32(17-19-33)21-26-10-13-31-14-11-26)6-9-29(23)34-15-12-30(36)35(24(34)2)22-25-4-7-28(37-3)8-5-25/h4-9,20,26,31H,2,10-19,21-22H2,1,3H3. The van der Waals surface area contributed by atoms with Crippen molar-refractivity contribution in [1.82, 2.24) is 15.1 Å². The first-order valence-electron chi connectivity index (χ1n) is 13.7. The van der Waals surface area contributed by atoms with Crippen molar-refractivity contribution in [3.05, 3.63) is 66.0 Å². The van der Waals surface area contributed by atoms with E-state index >= 15 is 0 Å². The number of ether oxygens (including phenoxy) is 1. The molecule has 0 aromatic heterocycles. The minimum absolute atomic E-state index is 0.119. The topological polar surface area (TPSA) is 51.3 Å². The number of methoxy groups -OCH3 is 1. The monoisotopic (exact) mass is 503 g/mol. The van der Waals surface area contributed by atoms with Crippen LogP contribution in [0.5, 0.6) is 5.75 Å². The van der Waals surface area contributed by atoms with Crippen molar-refractivity contribution in [3.63, 3.8) is 0 Å². The van der Waals surface area contributed by atoms with E-state index in [1.54, 1.807) is 12.0 Å². The Hall–Kier alpha value is -3.03. The molecule has 3 aliphatic rings. The summed E-state index contributed by atoms with van der Waals surface area (Å²) in [6.45, 7) is 15.7. The van der Waals surface area contributed by atoms with Crippen molar-refractivity contribution in [2.24, 2.45) is 5.92 Å². The molecule has 198 valence electrons. The second-order valence-corrected chi connectivity index (χ2v) is 10.6. The van der Waals surface area contributed by atoms with Crippen LogP contribution in [-0.2, 0) is 11.3 Å². The quantitative estimate of drug-likeness (QED) is 0.620. The number of piperidine rings is 1. The third-order valence-electron chi connectivity index (χ3n) is 8.16. The van der Waals surface area contributed by atoms with Crippen molar-refractivity contribution in [1.29, 1.82) is 0 Å². The molecule has 3 fully saturated rings. The molecular formula is C30H41N5O2. The van der Waals surface area contributed by atoms with E-state index in [4.69, 9.17) is 4.74 Å². The number of hydrogen-bond acceptors (Lipinski definition) is 6. The normalized spacial score (nSPS) is 20.0. The van der Waals surface area contributed by atoms with Crippen LogP contribution < -0.4 is 19.9 Å². The summed E-state index contributed by atoms with van der Waals surface area (Å²) in [6.07, 6.45) is 3.10. The number of anilines is 2. The average molecular weight is 504 g/mol. The molecule has 0 bridgehead atoms. The number of amides is 1. The fourth-order valence-electron chi connectivity index (χ4n) is 5.87. The highest BCUT2D eigenvalue weighted by Crippen LogP contribution is 2.32. The van der Waals surface area contributed by atoms with Gasteiger partial charge in [-0.15, -0.1) is 0 Å². The van der Waals surface area contributed by atoms with Gasteiger partial charge < -0.3 is 19.9 Å². The fraction of sp³-hybridized carbons (Fsp3) is 0.500. The lowest BCUT2D eigenvalue weighted by Gasteiger charge is -2.40. The summed E-state index contributed by atoms with van der Waals surface area (Å²) in [5, 5.41) is 3.48. The van der Waals surface area contributed by atoms with Gasteiger partial charge in [0, 0.05) is 57.1 Å². The number of aryl methyl sites for hydroxylation is 1. The van der Waals surface area contributed by atoms with Crippen molar-refractivity contribution in [2.75, 3.05) is 69.3 Å². The molecule has 7 nitrogen and oxygen atoms in total. The summed E-state index contributed by atoms with van der Waals surface area (Å²) in [6, 6.07) is 14.6. The molecule has 3 saturated heterocycles. The van der Waals surface area contributed by atoms with E-state index in [9.17, 15) is 4.79 Å². The second kappa shape index (κ2) is 11.6. The van der Waals surface area contributed by atoms with E-state index in [0.29, 0.717) is 19.5 Å². The average Bonchev–Trinajstić information content (AvgIpc) is 2.93. The van der Waals surface area contributed by atoms with Gasteiger partial charge in [-0.3, -0.25) is 14.6 Å². The van der Waals surface area contributed by atoms with Gasteiger partial charge in [-0.2, -0.15) is 0 Å². The third-order valence-corrected chi connectivity index (χ3v) is 8.16. The molecule has 3 aliphatic heterocycles. The van der Waals surface area contributed by atoms with Gasteiger partial charge >= 0.3 is 0 Å². The maximum Gasteiger partial charge on any atom is 0.230 e. The van der Waals surface area contributed by atoms with Gasteiger partial charge in [-0.1, -0.05) is 18.7 Å². The van der Waals surface area contributed by atoms with Crippen molar-refractivity contribution >= 4 is 17.3 Å². The Morgan fingerprint density at radius 1 is 1.00 bits per heavy atom. The first-order valence-corrected chi connectivity index (χ1v) is 13.7. The fourth-order valence-corrected chi connectivity index (χ4v) is 5.87. The summed E-state index contributed by atoms with van der Waals surface area (Å²) >= 11 is 0. The molecule has 1 amide bonds. The Labute approximate surface area is 221 Å². The minimum Gasteiger partial charge on any atom is -0.497 e. The maximum absolute atomic E-state index is 12.8. The highest BCUT2D eigenvalue weighted by atomic mass is 16.5. The Morgan fingerprint density at radius 2 is 1.73 bits per heavy atom. The molecular weight excluding hydrogens is 462 g/mol. The van der Waals surface area contributed by atoms with Crippen LogP contribution >= 0.6 is 0 Å². The van der Waals surface area contributed by atoms with E-state index in [1.165, 1.54) is 43.7 Å². The molecule has 0 saturated carbocycles. The number of nitrogens with one attached hydrogen (secondary N) is 1. The van der Waals surface area contributed by atoms with Gasteiger partial charge in [0.25, 0.3) is 0 Å². The zero-order valence-corrected chi connectivity index (χ0v) is 22.4. The Balaban J connectivity index is 1.21. The molecule has 7 heteroatoms. The van der Waals surface area contributed by atoms with Crippen molar-refractivity contribution < 1.29 is 9.53 Å². The van der Waals surface area contributed by atoms with E-state index in [-0.39, 0.29) is 5.91 Å². The second-order valence-electron chi connectivity index (χ2n) is 10.6. The Morgan fingerprint density at radius 3 is 2.41 bits per heavy atom. The molecule has 0 radical (unpaired) electrons. The van der Waals surface area contributed by atoms with Crippen LogP contribution in [0.15, 0.2) is 54.9 Å². The van der Waals surface area contributed by atoms with Gasteiger partial charge in [0.1, 0.15) is 11.6 Å². The molecule has 37 heavy (non-hydrogen) atoms. The minimum atomic E-state index is 0.119. The zero-order valence-electron chi connectivity index (χ0n) is 22.4. The molecule has 2 aromatic rings. The summed E-state index contributed by atoms with van der Waals surface area (Å²) in [5.41, 5.74) is 4.69. The van der Waals surface area contributed by atoms with Crippen LogP contribution in [0.2, 0.25) is 0 Å². The van der Waals surface area contributed by atoms with Crippen LogP contribution in [0.1, 0.15) is 30.4 Å². The van der Waals surface area contributed by atoms with Crippen LogP contribution in [0.25, 0.3) is 0 Å². The SMILES string of the molecule is C=C1N(Cc2ccc(OC)cc2)C(=O)CCN1c1ccc(N2CCN(CC3CCNCC3)CC2)cc1C. The number of carbonyl (C=O) groups is 1. The summed E-state index contributed by atoms with van der Waals surface area (Å²) in [7, 11) is 1.66. The van der Waals surface area contributed by atoms with Crippen LogP contribution in [0.3, 0.4) is 0 Å². The maximum atomic E-state index is 12.8. The van der Waals surface area contributed by atoms with Gasteiger partial charge in [-0.05, 0) is 80.2 Å². The highest BCUT2D eigenvalue weighted by Gasteiger charge is 2.29.